The Morgan fingerprint density at radius 3 is 2.00 bits per heavy atom. The van der Waals surface area contributed by atoms with Crippen LogP contribution in [0.2, 0.25) is 0 Å². The maximum atomic E-state index is 4.83. The Balaban J connectivity index is 0. The molecule has 0 aliphatic heterocycles. The molecule has 0 unspecified atom stereocenters. The minimum Gasteiger partial charge on any atom is -0.382 e. The van der Waals surface area contributed by atoms with Gasteiger partial charge in [-0.05, 0) is 50.1 Å². The minimum absolute atomic E-state index is 0.541. The number of benzene rings is 1. The maximum Gasteiger partial charge on any atom is 0.0437 e. The predicted molar refractivity (Wildman–Crippen MR) is 102 cm³/mol. The van der Waals surface area contributed by atoms with E-state index < -0.39 is 0 Å². The first-order valence-electron chi connectivity index (χ1n) is 8.29. The molecule has 126 valence electrons. The fourth-order valence-corrected chi connectivity index (χ4v) is 1.77. The molecule has 0 aliphatic carbocycles. The Morgan fingerprint density at radius 1 is 1.14 bits per heavy atom. The molecule has 0 heterocycles. The molecule has 0 bridgehead atoms. The Kier molecular flexibility index (Phi) is 16.6. The van der Waals surface area contributed by atoms with E-state index >= 15 is 0 Å². The van der Waals surface area contributed by atoms with Gasteiger partial charge in [0.15, 0.2) is 0 Å². The zero-order valence-electron chi connectivity index (χ0n) is 15.6. The van der Waals surface area contributed by atoms with E-state index in [1.165, 1.54) is 23.1 Å². The molecule has 1 aromatic rings. The summed E-state index contributed by atoms with van der Waals surface area (Å²) in [6, 6.07) is 8.43. The number of rotatable bonds is 5. The van der Waals surface area contributed by atoms with Crippen LogP contribution in [-0.4, -0.2) is 19.9 Å². The molecule has 0 aliphatic rings. The zero-order valence-corrected chi connectivity index (χ0v) is 15.6. The van der Waals surface area contributed by atoms with Crippen LogP contribution in [0.1, 0.15) is 71.9 Å². The van der Waals surface area contributed by atoms with Crippen molar-refractivity contribution in [2.45, 2.75) is 60.8 Å². The van der Waals surface area contributed by atoms with Crippen LogP contribution in [0.5, 0.6) is 0 Å². The standard InChI is InChI=1S/C13H17N.C4H10O.C3H8/c1-10(2)12-7-5-6-8-13(12)11(3)9-14-4;1-3-5-4-2;1-3-2/h5-10H,4H2,1-3H3;3-4H2,1-2H3;3H2,1-2H3/b11-9-;;. The second kappa shape index (κ2) is 16.0. The molecule has 0 spiro atoms. The molecule has 0 fully saturated rings. The summed E-state index contributed by atoms with van der Waals surface area (Å²) >= 11 is 0. The summed E-state index contributed by atoms with van der Waals surface area (Å²) in [5.74, 6) is 0.541. The summed E-state index contributed by atoms with van der Waals surface area (Å²) in [6.45, 7) is 19.9. The first kappa shape index (κ1) is 22.9. The van der Waals surface area contributed by atoms with Gasteiger partial charge in [0.2, 0.25) is 0 Å². The average molecular weight is 306 g/mol. The van der Waals surface area contributed by atoms with Crippen LogP contribution < -0.4 is 0 Å². The molecule has 22 heavy (non-hydrogen) atoms. The molecule has 0 atom stereocenters. The van der Waals surface area contributed by atoms with Crippen molar-refractivity contribution in [2.75, 3.05) is 13.2 Å². The lowest BCUT2D eigenvalue weighted by atomic mass is 9.94. The van der Waals surface area contributed by atoms with Gasteiger partial charge in [-0.3, -0.25) is 4.99 Å². The molecule has 2 nitrogen and oxygen atoms in total. The highest BCUT2D eigenvalue weighted by Gasteiger charge is 2.06. The van der Waals surface area contributed by atoms with Gasteiger partial charge in [0, 0.05) is 19.4 Å². The molecular weight excluding hydrogens is 270 g/mol. The first-order chi connectivity index (χ1) is 10.5. The zero-order chi connectivity index (χ0) is 17.4. The van der Waals surface area contributed by atoms with Gasteiger partial charge in [0.1, 0.15) is 0 Å². The smallest absolute Gasteiger partial charge is 0.0437 e. The minimum atomic E-state index is 0.541. The highest BCUT2D eigenvalue weighted by atomic mass is 16.5. The van der Waals surface area contributed by atoms with E-state index in [9.17, 15) is 0 Å². The third-order valence-corrected chi connectivity index (χ3v) is 2.70. The van der Waals surface area contributed by atoms with Gasteiger partial charge in [0.25, 0.3) is 0 Å². The molecule has 0 aromatic heterocycles. The Bertz CT molecular complexity index is 406. The molecule has 1 aromatic carbocycles. The van der Waals surface area contributed by atoms with Gasteiger partial charge in [-0.1, -0.05) is 58.4 Å². The quantitative estimate of drug-likeness (QED) is 0.582. The number of hydrogen-bond donors (Lipinski definition) is 0. The van der Waals surface area contributed by atoms with Crippen molar-refractivity contribution in [2.24, 2.45) is 4.99 Å². The summed E-state index contributed by atoms with van der Waals surface area (Å²) in [6.07, 6.45) is 3.06. The first-order valence-corrected chi connectivity index (χ1v) is 8.29. The summed E-state index contributed by atoms with van der Waals surface area (Å²) in [4.78, 5) is 3.80. The van der Waals surface area contributed by atoms with Crippen LogP contribution in [0.25, 0.3) is 5.57 Å². The molecule has 0 radical (unpaired) electrons. The van der Waals surface area contributed by atoms with Crippen LogP contribution in [0.4, 0.5) is 0 Å². The molecule has 0 saturated heterocycles. The van der Waals surface area contributed by atoms with Gasteiger partial charge < -0.3 is 4.74 Å². The van der Waals surface area contributed by atoms with Crippen LogP contribution in [0.3, 0.4) is 0 Å². The maximum absolute atomic E-state index is 4.83. The van der Waals surface area contributed by atoms with Crippen LogP contribution in [-0.2, 0) is 4.74 Å². The van der Waals surface area contributed by atoms with Crippen molar-refractivity contribution in [3.63, 3.8) is 0 Å². The van der Waals surface area contributed by atoms with E-state index in [4.69, 9.17) is 4.74 Å². The van der Waals surface area contributed by atoms with E-state index in [-0.39, 0.29) is 0 Å². The summed E-state index contributed by atoms with van der Waals surface area (Å²) in [7, 11) is 0. The molecule has 0 N–H and O–H groups in total. The lowest BCUT2D eigenvalue weighted by Gasteiger charge is -2.12. The number of aliphatic imine (C=N–C) groups is 1. The predicted octanol–water partition coefficient (Wildman–Crippen LogP) is 6.33. The van der Waals surface area contributed by atoms with E-state index in [1.807, 2.05) is 13.8 Å². The van der Waals surface area contributed by atoms with E-state index in [1.54, 1.807) is 6.20 Å². The van der Waals surface area contributed by atoms with Crippen LogP contribution >= 0.6 is 0 Å². The third kappa shape index (κ3) is 11.3. The molecule has 0 amide bonds. The summed E-state index contributed by atoms with van der Waals surface area (Å²) < 4.78 is 4.83. The lowest BCUT2D eigenvalue weighted by molar-refractivity contribution is 0.162. The van der Waals surface area contributed by atoms with E-state index in [0.29, 0.717) is 5.92 Å². The van der Waals surface area contributed by atoms with Crippen molar-refractivity contribution in [3.8, 4) is 0 Å². The number of nitrogens with zero attached hydrogens (tertiary/aromatic N) is 1. The van der Waals surface area contributed by atoms with Crippen LogP contribution in [0.15, 0.2) is 35.5 Å². The van der Waals surface area contributed by atoms with Gasteiger partial charge in [0.05, 0.1) is 0 Å². The van der Waals surface area contributed by atoms with Crippen molar-refractivity contribution in [1.82, 2.24) is 0 Å². The topological polar surface area (TPSA) is 21.6 Å². The third-order valence-electron chi connectivity index (χ3n) is 2.70. The van der Waals surface area contributed by atoms with E-state index in [2.05, 4.69) is 70.6 Å². The Labute approximate surface area is 138 Å². The Morgan fingerprint density at radius 2 is 1.64 bits per heavy atom. The average Bonchev–Trinajstić information content (AvgIpc) is 2.49. The van der Waals surface area contributed by atoms with Gasteiger partial charge in [-0.25, -0.2) is 0 Å². The summed E-state index contributed by atoms with van der Waals surface area (Å²) in [5.41, 5.74) is 3.81. The van der Waals surface area contributed by atoms with Gasteiger partial charge in [-0.2, -0.15) is 0 Å². The number of allylic oxidation sites excluding steroid dienone is 1. The molecule has 1 rings (SSSR count). The van der Waals surface area contributed by atoms with Crippen LogP contribution in [0, 0.1) is 0 Å². The number of hydrogen-bond acceptors (Lipinski definition) is 2. The highest BCUT2D eigenvalue weighted by molar-refractivity contribution is 5.67. The SMILES string of the molecule is C=N/C=C(/C)c1ccccc1C(C)C.CCC.CCOCC. The highest BCUT2D eigenvalue weighted by Crippen LogP contribution is 2.25. The fraction of sp³-hybridized carbons (Fsp3) is 0.550. The van der Waals surface area contributed by atoms with Crippen molar-refractivity contribution < 1.29 is 4.74 Å². The van der Waals surface area contributed by atoms with Gasteiger partial charge in [-0.15, -0.1) is 0 Å². The monoisotopic (exact) mass is 305 g/mol. The second-order valence-corrected chi connectivity index (χ2v) is 5.23. The molecular formula is C20H35NO. The second-order valence-electron chi connectivity index (χ2n) is 5.23. The van der Waals surface area contributed by atoms with Crippen molar-refractivity contribution >= 4 is 12.3 Å². The van der Waals surface area contributed by atoms with E-state index in [0.717, 1.165) is 13.2 Å². The van der Waals surface area contributed by atoms with Crippen molar-refractivity contribution in [3.05, 3.63) is 41.6 Å². The molecule has 0 saturated carbocycles. The lowest BCUT2D eigenvalue weighted by Crippen LogP contribution is -1.93. The van der Waals surface area contributed by atoms with Gasteiger partial charge >= 0.3 is 0 Å². The Hall–Kier alpha value is -1.41. The molecule has 2 heteroatoms. The largest absolute Gasteiger partial charge is 0.382 e. The summed E-state index contributed by atoms with van der Waals surface area (Å²) in [5, 5.41) is 0. The normalized spacial score (nSPS) is 10.3. The van der Waals surface area contributed by atoms with Crippen molar-refractivity contribution in [1.29, 1.82) is 0 Å². The fourth-order valence-electron chi connectivity index (χ4n) is 1.77. The number of ether oxygens (including phenoxy) is 1.